The Morgan fingerprint density at radius 2 is 1.58 bits per heavy atom. The molecular formula is C16H38N2O. The second-order valence-corrected chi connectivity index (χ2v) is 3.79. The highest BCUT2D eigenvalue weighted by Gasteiger charge is 2.28. The van der Waals surface area contributed by atoms with Crippen LogP contribution in [-0.2, 0) is 4.79 Å². The summed E-state index contributed by atoms with van der Waals surface area (Å²) in [6, 6.07) is 0.553. The van der Waals surface area contributed by atoms with Gasteiger partial charge in [0.2, 0.25) is 5.91 Å². The van der Waals surface area contributed by atoms with Gasteiger partial charge in [0.05, 0.1) is 0 Å². The molecule has 0 bridgehead atoms. The minimum atomic E-state index is 0.250. The fourth-order valence-electron chi connectivity index (χ4n) is 1.87. The van der Waals surface area contributed by atoms with Crippen molar-refractivity contribution in [1.82, 2.24) is 10.6 Å². The number of nitrogens with one attached hydrogen (secondary N) is 2. The van der Waals surface area contributed by atoms with Gasteiger partial charge in [0.1, 0.15) is 0 Å². The molecule has 19 heavy (non-hydrogen) atoms. The van der Waals surface area contributed by atoms with Crippen molar-refractivity contribution in [2.24, 2.45) is 5.92 Å². The summed E-state index contributed by atoms with van der Waals surface area (Å²) in [7, 11) is 1.97. The van der Waals surface area contributed by atoms with Crippen molar-refractivity contribution in [2.75, 3.05) is 13.6 Å². The Balaban J connectivity index is -0.000000375. The molecule has 1 rings (SSSR count). The molecule has 0 unspecified atom stereocenters. The summed E-state index contributed by atoms with van der Waals surface area (Å²) in [4.78, 5) is 11.5. The van der Waals surface area contributed by atoms with Gasteiger partial charge in [-0.1, -0.05) is 48.5 Å². The summed E-state index contributed by atoms with van der Waals surface area (Å²) in [5, 5.41) is 6.18. The lowest BCUT2D eigenvalue weighted by molar-refractivity contribution is -0.124. The molecule has 0 spiro atoms. The minimum absolute atomic E-state index is 0.250. The Hall–Kier alpha value is -0.570. The molecule has 0 radical (unpaired) electrons. The zero-order valence-electron chi connectivity index (χ0n) is 14.6. The Morgan fingerprint density at radius 3 is 1.95 bits per heavy atom. The monoisotopic (exact) mass is 274 g/mol. The van der Waals surface area contributed by atoms with Gasteiger partial charge < -0.3 is 10.6 Å². The molecule has 1 saturated carbocycles. The van der Waals surface area contributed by atoms with Crippen molar-refractivity contribution in [2.45, 2.75) is 80.2 Å². The van der Waals surface area contributed by atoms with E-state index in [4.69, 9.17) is 0 Å². The normalized spacial score (nSPS) is 19.8. The van der Waals surface area contributed by atoms with Crippen LogP contribution in [0.3, 0.4) is 0 Å². The number of amides is 1. The van der Waals surface area contributed by atoms with E-state index in [-0.39, 0.29) is 11.8 Å². The van der Waals surface area contributed by atoms with E-state index in [9.17, 15) is 4.79 Å². The maximum atomic E-state index is 11.5. The Morgan fingerprint density at radius 1 is 1.05 bits per heavy atom. The van der Waals surface area contributed by atoms with Crippen LogP contribution in [-0.4, -0.2) is 25.5 Å². The summed E-state index contributed by atoms with van der Waals surface area (Å²) in [6.45, 7) is 14.9. The Kier molecular flexibility index (Phi) is 24.5. The van der Waals surface area contributed by atoms with Gasteiger partial charge in [-0.05, 0) is 32.7 Å². The summed E-state index contributed by atoms with van der Waals surface area (Å²) in [5.41, 5.74) is 0. The van der Waals surface area contributed by atoms with Gasteiger partial charge in [0, 0.05) is 18.5 Å². The first kappa shape index (κ1) is 23.5. The number of carbonyl (C=O) groups is 1. The molecule has 2 N–H and O–H groups in total. The molecule has 118 valence electrons. The highest BCUT2D eigenvalue weighted by Crippen LogP contribution is 2.25. The zero-order chi connectivity index (χ0) is 15.7. The highest BCUT2D eigenvalue weighted by atomic mass is 16.1. The van der Waals surface area contributed by atoms with Gasteiger partial charge in [-0.15, -0.1) is 0 Å². The fraction of sp³-hybridized carbons (Fsp3) is 0.938. The van der Waals surface area contributed by atoms with Gasteiger partial charge in [-0.2, -0.15) is 0 Å². The van der Waals surface area contributed by atoms with Crippen molar-refractivity contribution >= 4 is 5.91 Å². The maximum Gasteiger partial charge on any atom is 0.223 e. The van der Waals surface area contributed by atoms with E-state index >= 15 is 0 Å². The molecule has 0 aromatic heterocycles. The predicted molar refractivity (Wildman–Crippen MR) is 87.5 cm³/mol. The molecule has 0 saturated heterocycles. The molecule has 1 fully saturated rings. The molecule has 3 heteroatoms. The van der Waals surface area contributed by atoms with Crippen LogP contribution in [0.1, 0.15) is 74.1 Å². The van der Waals surface area contributed by atoms with Gasteiger partial charge in [-0.3, -0.25) is 4.79 Å². The summed E-state index contributed by atoms with van der Waals surface area (Å²) in [6.07, 6.45) is 4.21. The third kappa shape index (κ3) is 12.2. The topological polar surface area (TPSA) is 41.1 Å². The van der Waals surface area contributed by atoms with E-state index in [0.717, 1.165) is 32.2 Å². The first-order chi connectivity index (χ1) is 9.27. The van der Waals surface area contributed by atoms with E-state index < -0.39 is 0 Å². The van der Waals surface area contributed by atoms with Crippen molar-refractivity contribution in [1.29, 1.82) is 0 Å². The quantitative estimate of drug-likeness (QED) is 0.814. The van der Waals surface area contributed by atoms with Crippen LogP contribution in [0.15, 0.2) is 0 Å². The Bertz CT molecular complexity index is 172. The van der Waals surface area contributed by atoms with Crippen LogP contribution in [0.25, 0.3) is 0 Å². The fourth-order valence-corrected chi connectivity index (χ4v) is 1.87. The van der Waals surface area contributed by atoms with Crippen molar-refractivity contribution in [3.8, 4) is 0 Å². The van der Waals surface area contributed by atoms with Crippen LogP contribution < -0.4 is 10.6 Å². The average molecular weight is 274 g/mol. The van der Waals surface area contributed by atoms with E-state index in [2.05, 4.69) is 17.6 Å². The van der Waals surface area contributed by atoms with Crippen molar-refractivity contribution in [3.63, 3.8) is 0 Å². The summed E-state index contributed by atoms with van der Waals surface area (Å²) in [5.74, 6) is 0.503. The third-order valence-corrected chi connectivity index (χ3v) is 2.76. The smallest absolute Gasteiger partial charge is 0.223 e. The Labute approximate surface area is 121 Å². The standard InChI is InChI=1S/C10H20N2O.3C2H6/c1-3-6-12-10(13)8-4-5-9(7-8)11-2;3*1-2/h8-9,11H,3-7H2,1-2H3,(H,12,13);3*1-2H3/t8-,9+;;;/m0.../s1. The number of rotatable bonds is 4. The molecule has 0 heterocycles. The van der Waals surface area contributed by atoms with E-state index in [1.807, 2.05) is 48.6 Å². The summed E-state index contributed by atoms with van der Waals surface area (Å²) < 4.78 is 0. The number of hydrogen-bond acceptors (Lipinski definition) is 2. The lowest BCUT2D eigenvalue weighted by Crippen LogP contribution is -2.31. The molecule has 3 nitrogen and oxygen atoms in total. The van der Waals surface area contributed by atoms with Crippen LogP contribution >= 0.6 is 0 Å². The van der Waals surface area contributed by atoms with Gasteiger partial charge >= 0.3 is 0 Å². The number of hydrogen-bond donors (Lipinski definition) is 2. The molecule has 0 aromatic rings. The average Bonchev–Trinajstić information content (AvgIpc) is 3.00. The summed E-state index contributed by atoms with van der Waals surface area (Å²) >= 11 is 0. The van der Waals surface area contributed by atoms with Gasteiger partial charge in [0.15, 0.2) is 0 Å². The van der Waals surface area contributed by atoms with Gasteiger partial charge in [0.25, 0.3) is 0 Å². The van der Waals surface area contributed by atoms with Gasteiger partial charge in [-0.25, -0.2) is 0 Å². The van der Waals surface area contributed by atoms with E-state index in [1.54, 1.807) is 0 Å². The van der Waals surface area contributed by atoms with Crippen LogP contribution in [0.4, 0.5) is 0 Å². The lowest BCUT2D eigenvalue weighted by Gasteiger charge is -2.10. The number of carbonyl (C=O) groups excluding carboxylic acids is 1. The van der Waals surface area contributed by atoms with Crippen LogP contribution in [0.5, 0.6) is 0 Å². The molecular weight excluding hydrogens is 236 g/mol. The lowest BCUT2D eigenvalue weighted by atomic mass is 10.1. The second-order valence-electron chi connectivity index (χ2n) is 3.79. The first-order valence-electron chi connectivity index (χ1n) is 8.23. The molecule has 1 aliphatic rings. The molecule has 1 amide bonds. The zero-order valence-corrected chi connectivity index (χ0v) is 14.6. The molecule has 2 atom stereocenters. The first-order valence-corrected chi connectivity index (χ1v) is 8.23. The van der Waals surface area contributed by atoms with Crippen LogP contribution in [0, 0.1) is 5.92 Å². The second kappa shape index (κ2) is 19.8. The SMILES string of the molecule is CC.CC.CC.CCCNC(=O)[C@H]1CC[C@@H](NC)C1. The molecule has 1 aliphatic carbocycles. The third-order valence-electron chi connectivity index (χ3n) is 2.76. The van der Waals surface area contributed by atoms with Crippen LogP contribution in [0.2, 0.25) is 0 Å². The largest absolute Gasteiger partial charge is 0.356 e. The van der Waals surface area contributed by atoms with Crippen molar-refractivity contribution in [3.05, 3.63) is 0 Å². The molecule has 0 aromatic carbocycles. The highest BCUT2D eigenvalue weighted by molar-refractivity contribution is 5.78. The van der Waals surface area contributed by atoms with E-state index in [0.29, 0.717) is 6.04 Å². The van der Waals surface area contributed by atoms with Crippen molar-refractivity contribution < 1.29 is 4.79 Å². The van der Waals surface area contributed by atoms with E-state index in [1.165, 1.54) is 0 Å². The molecule has 0 aliphatic heterocycles. The maximum absolute atomic E-state index is 11.5. The predicted octanol–water partition coefficient (Wildman–Crippen LogP) is 3.98. The minimum Gasteiger partial charge on any atom is -0.356 e.